The number of rotatable bonds is 0. The first kappa shape index (κ1) is 43.6. The molecule has 0 aliphatic rings. The van der Waals surface area contributed by atoms with Crippen molar-refractivity contribution in [3.05, 3.63) is 36.4 Å². The molecule has 0 aliphatic carbocycles. The van der Waals surface area contributed by atoms with Crippen LogP contribution in [0.25, 0.3) is 0 Å². The van der Waals surface area contributed by atoms with Crippen molar-refractivity contribution in [3.8, 4) is 0 Å². The van der Waals surface area contributed by atoms with Gasteiger partial charge >= 0.3 is 86.5 Å². The molecule has 0 saturated heterocycles. The fourth-order valence-electron chi connectivity index (χ4n) is 0.385. The van der Waals surface area contributed by atoms with Crippen LogP contribution in [-0.4, -0.2) is 35.1 Å². The normalized spacial score (nSPS) is 10.0. The summed E-state index contributed by atoms with van der Waals surface area (Å²) in [6.07, 6.45) is 0. The molecule has 0 unspecified atom stereocenters. The molecule has 0 aliphatic heterocycles. The predicted octanol–water partition coefficient (Wildman–Crippen LogP) is 5.06. The van der Waals surface area contributed by atoms with Crippen molar-refractivity contribution in [3.63, 3.8) is 0 Å². The molecule has 0 radical (unpaired) electrons. The summed E-state index contributed by atoms with van der Waals surface area (Å²) in [5.74, 6) is 0. The van der Waals surface area contributed by atoms with E-state index in [-0.39, 0.29) is 52.8 Å². The van der Waals surface area contributed by atoms with Crippen molar-refractivity contribution in [2.45, 2.75) is 13.4 Å². The summed E-state index contributed by atoms with van der Waals surface area (Å²) >= 11 is 0. The number of hydrogen-bond donors (Lipinski definition) is 0. The van der Waals surface area contributed by atoms with Crippen LogP contribution in [0.1, 0.15) is 1.43 Å². The molecule has 0 nitrogen and oxygen atoms in total. The van der Waals surface area contributed by atoms with E-state index in [0.717, 1.165) is 0 Å². The van der Waals surface area contributed by atoms with Crippen molar-refractivity contribution >= 4 is 21.8 Å². The van der Waals surface area contributed by atoms with Gasteiger partial charge in [-0.15, -0.1) is 0 Å². The summed E-state index contributed by atoms with van der Waals surface area (Å²) in [4.78, 5) is 0. The molecule has 0 N–H and O–H groups in total. The molecule has 0 saturated carbocycles. The van der Waals surface area contributed by atoms with E-state index in [1.807, 2.05) is 36.4 Å². The van der Waals surface area contributed by atoms with E-state index in [1.165, 1.54) is 0 Å². The Bertz CT molecular complexity index is 328. The van der Waals surface area contributed by atoms with Crippen molar-refractivity contribution in [2.24, 2.45) is 0 Å². The Kier molecular flexibility index (Phi) is 36.4. The zero-order valence-electron chi connectivity index (χ0n) is 15.2. The largest absolute Gasteiger partial charge is 1.00 e. The molecule has 0 fully saturated rings. The summed E-state index contributed by atoms with van der Waals surface area (Å²) < 4.78 is 175. The van der Waals surface area contributed by atoms with Crippen LogP contribution in [0, 0.1) is 0 Å². The number of alkyl halides is 6. The average molecular weight is 519 g/mol. The van der Waals surface area contributed by atoms with Gasteiger partial charge in [0.1, 0.15) is 0 Å². The second-order valence-corrected chi connectivity index (χ2v) is 3.13. The van der Waals surface area contributed by atoms with E-state index in [2.05, 4.69) is 0 Å². The Hall–Kier alpha value is -0.209. The SMILES string of the molecule is FC(F)F.FC(F)F.F[B-](F)(F)F.F[B-](F)(F)F.F[B-](F)(F)F.[H-].[K+].c1ccccc1. The van der Waals surface area contributed by atoms with Gasteiger partial charge in [-0.3, -0.25) is 0 Å². The van der Waals surface area contributed by atoms with Crippen molar-refractivity contribution in [1.82, 2.24) is 0 Å². The van der Waals surface area contributed by atoms with Gasteiger partial charge in [0.2, 0.25) is 0 Å². The maximum Gasteiger partial charge on any atom is 1.00 e. The Morgan fingerprint density at radius 2 is 0.400 bits per heavy atom. The molecule has 180 valence electrons. The zero-order valence-corrected chi connectivity index (χ0v) is 17.3. The second kappa shape index (κ2) is 25.1. The molecule has 1 rings (SSSR count). The number of benzene rings is 1. The summed E-state index contributed by atoms with van der Waals surface area (Å²) in [5.41, 5.74) is 0. The van der Waals surface area contributed by atoms with Crippen molar-refractivity contribution in [2.75, 3.05) is 0 Å². The third-order valence-corrected chi connectivity index (χ3v) is 0.667. The van der Waals surface area contributed by atoms with Gasteiger partial charge in [0.15, 0.2) is 0 Å². The van der Waals surface area contributed by atoms with Gasteiger partial charge in [-0.1, -0.05) is 36.4 Å². The third kappa shape index (κ3) is 595. The van der Waals surface area contributed by atoms with Gasteiger partial charge in [-0.05, 0) is 0 Å². The van der Waals surface area contributed by atoms with Crippen LogP contribution in [0.15, 0.2) is 36.4 Å². The van der Waals surface area contributed by atoms with Crippen LogP contribution in [0.3, 0.4) is 0 Å². The molecule has 0 aromatic heterocycles. The minimum atomic E-state index is -6.00. The molecule has 30 heavy (non-hydrogen) atoms. The summed E-state index contributed by atoms with van der Waals surface area (Å²) in [5, 5.41) is 0. The molecule has 0 amide bonds. The second-order valence-electron chi connectivity index (χ2n) is 3.13. The van der Waals surface area contributed by atoms with Crippen LogP contribution in [0.2, 0.25) is 0 Å². The summed E-state index contributed by atoms with van der Waals surface area (Å²) in [7, 11) is -18.0. The van der Waals surface area contributed by atoms with Crippen molar-refractivity contribution < 1.29 is 131 Å². The predicted molar refractivity (Wildman–Crippen MR) is 72.3 cm³/mol. The maximum absolute atomic E-state index is 9.75. The monoisotopic (exact) mass is 519 g/mol. The van der Waals surface area contributed by atoms with E-state index >= 15 is 0 Å². The first-order valence-electron chi connectivity index (χ1n) is 5.93. The molecule has 1 aromatic carbocycles. The Morgan fingerprint density at radius 3 is 0.433 bits per heavy atom. The van der Waals surface area contributed by atoms with Crippen LogP contribution >= 0.6 is 0 Å². The van der Waals surface area contributed by atoms with Gasteiger partial charge in [0.25, 0.3) is 0 Å². The fraction of sp³-hybridized carbons (Fsp3) is 0.250. The van der Waals surface area contributed by atoms with Gasteiger partial charge < -0.3 is 53.2 Å². The fourth-order valence-corrected chi connectivity index (χ4v) is 0.385. The molecular formula is C8H9B3F18K-3. The van der Waals surface area contributed by atoms with Gasteiger partial charge in [-0.2, -0.15) is 26.3 Å². The van der Waals surface area contributed by atoms with Crippen molar-refractivity contribution in [1.29, 1.82) is 0 Å². The smallest absolute Gasteiger partial charge is 1.00 e. The van der Waals surface area contributed by atoms with Gasteiger partial charge in [0.05, 0.1) is 0 Å². The van der Waals surface area contributed by atoms with Gasteiger partial charge in [0, 0.05) is 0 Å². The van der Waals surface area contributed by atoms with Crippen LogP contribution in [0.5, 0.6) is 0 Å². The molecule has 0 heterocycles. The molecule has 0 spiro atoms. The molecule has 22 heteroatoms. The Labute approximate surface area is 201 Å². The molecule has 0 bridgehead atoms. The van der Waals surface area contributed by atoms with Gasteiger partial charge in [-0.25, -0.2) is 0 Å². The van der Waals surface area contributed by atoms with E-state index in [0.29, 0.717) is 0 Å². The quantitative estimate of drug-likeness (QED) is 0.333. The Balaban J connectivity index is -0.0000000443. The van der Waals surface area contributed by atoms with E-state index in [1.54, 1.807) is 0 Å². The van der Waals surface area contributed by atoms with E-state index in [4.69, 9.17) is 0 Å². The average Bonchev–Trinajstić information content (AvgIpc) is 2.33. The van der Waals surface area contributed by atoms with E-state index < -0.39 is 35.1 Å². The number of halogens is 18. The minimum absolute atomic E-state index is 0. The first-order valence-corrected chi connectivity index (χ1v) is 5.93. The van der Waals surface area contributed by atoms with Crippen LogP contribution < -0.4 is 51.4 Å². The molecule has 1 aromatic rings. The molecular weight excluding hydrogens is 510 g/mol. The standard InChI is InChI=1S/C6H6.2CHF3.3BF4.K.H/c1-2-4-6-5-3-1;2*2-1(3)4;3*2-1(3,4)5;;/h1-6H;2*1H;;;;;/q;;;3*-1;+1;-1. The summed E-state index contributed by atoms with van der Waals surface area (Å²) in [6.45, 7) is -7.33. The first-order chi connectivity index (χ1) is 12.5. The number of hydrogen-bond acceptors (Lipinski definition) is 0. The third-order valence-electron chi connectivity index (χ3n) is 0.667. The van der Waals surface area contributed by atoms with E-state index in [9.17, 15) is 78.1 Å². The minimum Gasteiger partial charge on any atom is -1.00 e. The summed E-state index contributed by atoms with van der Waals surface area (Å²) in [6, 6.07) is 12.0. The Morgan fingerprint density at radius 1 is 0.367 bits per heavy atom. The topological polar surface area (TPSA) is 0 Å². The van der Waals surface area contributed by atoms with Crippen LogP contribution in [-0.2, 0) is 0 Å². The van der Waals surface area contributed by atoms with Crippen LogP contribution in [0.4, 0.5) is 78.1 Å². The maximum atomic E-state index is 9.75. The molecule has 0 atom stereocenters. The zero-order chi connectivity index (χ0) is 24.9.